The molecule has 1 aliphatic heterocycles. The topological polar surface area (TPSA) is 85.4 Å². The first-order chi connectivity index (χ1) is 15.7. The zero-order valence-electron chi connectivity index (χ0n) is 18.5. The number of piperidine rings is 1. The van der Waals surface area contributed by atoms with Gasteiger partial charge in [0.15, 0.2) is 16.7 Å². The van der Waals surface area contributed by atoms with Crippen LogP contribution in [0.1, 0.15) is 25.3 Å². The van der Waals surface area contributed by atoms with Crippen molar-refractivity contribution in [3.8, 4) is 17.3 Å². The van der Waals surface area contributed by atoms with Crippen LogP contribution in [0.25, 0.3) is 11.6 Å². The highest BCUT2D eigenvalue weighted by Gasteiger charge is 2.22. The van der Waals surface area contributed by atoms with E-state index in [4.69, 9.17) is 9.15 Å². The van der Waals surface area contributed by atoms with Gasteiger partial charge in [0.05, 0.1) is 19.1 Å². The number of rotatable bonds is 9. The Bertz CT molecular complexity index is 1010. The predicted octanol–water partition coefficient (Wildman–Crippen LogP) is 3.44. The summed E-state index contributed by atoms with van der Waals surface area (Å²) in [5, 5.41) is 12.4. The molecule has 8 nitrogen and oxygen atoms in total. The Balaban J connectivity index is 1.23. The molecule has 0 saturated carbocycles. The largest absolute Gasteiger partial charge is 0.497 e. The summed E-state index contributed by atoms with van der Waals surface area (Å²) < 4.78 is 12.7. The van der Waals surface area contributed by atoms with Crippen LogP contribution in [0.2, 0.25) is 0 Å². The van der Waals surface area contributed by atoms with E-state index in [2.05, 4.69) is 32.5 Å². The van der Waals surface area contributed by atoms with Crippen LogP contribution in [0, 0.1) is 0 Å². The maximum Gasteiger partial charge on any atom is 0.230 e. The van der Waals surface area contributed by atoms with Gasteiger partial charge in [0, 0.05) is 32.2 Å². The van der Waals surface area contributed by atoms with Crippen molar-refractivity contribution in [1.29, 1.82) is 0 Å². The predicted molar refractivity (Wildman–Crippen MR) is 124 cm³/mol. The molecule has 1 amide bonds. The third kappa shape index (κ3) is 5.52. The maximum atomic E-state index is 12.5. The van der Waals surface area contributed by atoms with Crippen molar-refractivity contribution in [2.45, 2.75) is 44.1 Å². The number of carbonyl (C=O) groups excluding carboxylic acids is 1. The number of furan rings is 1. The van der Waals surface area contributed by atoms with Gasteiger partial charge in [-0.3, -0.25) is 14.3 Å². The van der Waals surface area contributed by atoms with E-state index in [1.165, 1.54) is 17.3 Å². The number of aromatic nitrogens is 3. The first-order valence-corrected chi connectivity index (χ1v) is 11.9. The summed E-state index contributed by atoms with van der Waals surface area (Å²) >= 11 is 1.41. The maximum absolute atomic E-state index is 12.5. The van der Waals surface area contributed by atoms with E-state index in [1.807, 2.05) is 35.8 Å². The standard InChI is InChI=1S/C23H29N5O3S/c1-3-28-22(20-8-5-13-31-20)25-26-23(28)32-16-21(29)24-18-9-11-27(12-10-18)15-17-6-4-7-19(14-17)30-2/h4-8,13-14,18H,3,9-12,15-16H2,1-2H3,(H,24,29). The average molecular weight is 456 g/mol. The summed E-state index contributed by atoms with van der Waals surface area (Å²) in [7, 11) is 1.69. The lowest BCUT2D eigenvalue weighted by molar-refractivity contribution is -0.119. The Labute approximate surface area is 192 Å². The van der Waals surface area contributed by atoms with Gasteiger partial charge in [0.25, 0.3) is 0 Å². The fraction of sp³-hybridized carbons (Fsp3) is 0.435. The van der Waals surface area contributed by atoms with Crippen LogP contribution in [0.15, 0.2) is 52.2 Å². The molecule has 1 fully saturated rings. The lowest BCUT2D eigenvalue weighted by Gasteiger charge is -2.32. The summed E-state index contributed by atoms with van der Waals surface area (Å²) in [5.74, 6) is 2.60. The third-order valence-electron chi connectivity index (χ3n) is 5.60. The smallest absolute Gasteiger partial charge is 0.230 e. The van der Waals surface area contributed by atoms with Crippen LogP contribution in [0.4, 0.5) is 0 Å². The fourth-order valence-electron chi connectivity index (χ4n) is 3.93. The number of ether oxygens (including phenoxy) is 1. The lowest BCUT2D eigenvalue weighted by atomic mass is 10.0. The van der Waals surface area contributed by atoms with Crippen molar-refractivity contribution >= 4 is 17.7 Å². The number of thioether (sulfide) groups is 1. The van der Waals surface area contributed by atoms with Gasteiger partial charge >= 0.3 is 0 Å². The number of hydrogen-bond donors (Lipinski definition) is 1. The molecule has 4 rings (SSSR count). The summed E-state index contributed by atoms with van der Waals surface area (Å²) in [6.07, 6.45) is 3.52. The number of benzene rings is 1. The van der Waals surface area contributed by atoms with Crippen molar-refractivity contribution in [3.63, 3.8) is 0 Å². The molecule has 1 N–H and O–H groups in total. The number of hydrogen-bond acceptors (Lipinski definition) is 7. The highest BCUT2D eigenvalue weighted by atomic mass is 32.2. The van der Waals surface area contributed by atoms with E-state index >= 15 is 0 Å². The van der Waals surface area contributed by atoms with Crippen molar-refractivity contribution in [3.05, 3.63) is 48.2 Å². The number of methoxy groups -OCH3 is 1. The molecule has 32 heavy (non-hydrogen) atoms. The van der Waals surface area contributed by atoms with Crippen LogP contribution in [0.5, 0.6) is 5.75 Å². The van der Waals surface area contributed by atoms with Crippen LogP contribution in [-0.2, 0) is 17.9 Å². The van der Waals surface area contributed by atoms with Crippen LogP contribution in [0.3, 0.4) is 0 Å². The van der Waals surface area contributed by atoms with E-state index in [0.717, 1.165) is 43.4 Å². The summed E-state index contributed by atoms with van der Waals surface area (Å²) in [6, 6.07) is 12.1. The van der Waals surface area contributed by atoms with Crippen molar-refractivity contribution in [2.75, 3.05) is 26.0 Å². The van der Waals surface area contributed by atoms with Crippen molar-refractivity contribution in [1.82, 2.24) is 25.0 Å². The Hall–Kier alpha value is -2.78. The molecule has 1 saturated heterocycles. The molecule has 9 heteroatoms. The van der Waals surface area contributed by atoms with E-state index in [0.29, 0.717) is 23.9 Å². The molecule has 0 spiro atoms. The number of nitrogens with zero attached hydrogens (tertiary/aromatic N) is 4. The lowest BCUT2D eigenvalue weighted by Crippen LogP contribution is -2.44. The van der Waals surface area contributed by atoms with Crippen LogP contribution in [-0.4, -0.2) is 57.6 Å². The second-order valence-electron chi connectivity index (χ2n) is 7.79. The quantitative estimate of drug-likeness (QED) is 0.495. The Morgan fingerprint density at radius 1 is 1.25 bits per heavy atom. The van der Waals surface area contributed by atoms with E-state index < -0.39 is 0 Å². The molecule has 2 aromatic heterocycles. The van der Waals surface area contributed by atoms with Crippen molar-refractivity contribution in [2.24, 2.45) is 0 Å². The number of likely N-dealkylation sites (tertiary alicyclic amines) is 1. The Morgan fingerprint density at radius 2 is 2.09 bits per heavy atom. The van der Waals surface area contributed by atoms with E-state index in [1.54, 1.807) is 13.4 Å². The minimum Gasteiger partial charge on any atom is -0.497 e. The minimum atomic E-state index is 0.0337. The molecular weight excluding hydrogens is 426 g/mol. The molecule has 0 atom stereocenters. The molecule has 3 aromatic rings. The van der Waals surface area contributed by atoms with Crippen molar-refractivity contribution < 1.29 is 13.9 Å². The van der Waals surface area contributed by atoms with Gasteiger partial charge < -0.3 is 14.5 Å². The van der Waals surface area contributed by atoms with Gasteiger partial charge in [-0.15, -0.1) is 10.2 Å². The number of carbonyl (C=O) groups is 1. The van der Waals surface area contributed by atoms with E-state index in [-0.39, 0.29) is 11.9 Å². The zero-order chi connectivity index (χ0) is 22.3. The average Bonchev–Trinajstić information content (AvgIpc) is 3.48. The molecule has 1 aliphatic rings. The second-order valence-corrected chi connectivity index (χ2v) is 8.73. The first-order valence-electron chi connectivity index (χ1n) is 10.9. The first kappa shape index (κ1) is 22.4. The summed E-state index contributed by atoms with van der Waals surface area (Å²) in [4.78, 5) is 15.0. The van der Waals surface area contributed by atoms with Gasteiger partial charge in [0.1, 0.15) is 5.75 Å². The normalized spacial score (nSPS) is 15.1. The molecule has 0 unspecified atom stereocenters. The summed E-state index contributed by atoms with van der Waals surface area (Å²) in [6.45, 7) is 5.56. The zero-order valence-corrected chi connectivity index (χ0v) is 19.3. The molecule has 0 radical (unpaired) electrons. The van der Waals surface area contributed by atoms with Crippen LogP contribution >= 0.6 is 11.8 Å². The van der Waals surface area contributed by atoms with Gasteiger partial charge in [-0.1, -0.05) is 23.9 Å². The van der Waals surface area contributed by atoms with Gasteiger partial charge in [0.2, 0.25) is 5.91 Å². The van der Waals surface area contributed by atoms with Gasteiger partial charge in [-0.05, 0) is 49.6 Å². The van der Waals surface area contributed by atoms with Gasteiger partial charge in [-0.25, -0.2) is 0 Å². The molecule has 3 heterocycles. The molecule has 0 aliphatic carbocycles. The third-order valence-corrected chi connectivity index (χ3v) is 6.57. The highest BCUT2D eigenvalue weighted by molar-refractivity contribution is 7.99. The number of amides is 1. The minimum absolute atomic E-state index is 0.0337. The molecule has 0 bridgehead atoms. The second kappa shape index (κ2) is 10.7. The Kier molecular flexibility index (Phi) is 7.49. The van der Waals surface area contributed by atoms with Gasteiger partial charge in [-0.2, -0.15) is 0 Å². The SMILES string of the molecule is CCn1c(SCC(=O)NC2CCN(Cc3cccc(OC)c3)CC2)nnc1-c1ccco1. The number of nitrogens with one attached hydrogen (secondary N) is 1. The highest BCUT2D eigenvalue weighted by Crippen LogP contribution is 2.24. The monoisotopic (exact) mass is 455 g/mol. The van der Waals surface area contributed by atoms with E-state index in [9.17, 15) is 4.79 Å². The Morgan fingerprint density at radius 3 is 2.81 bits per heavy atom. The summed E-state index contributed by atoms with van der Waals surface area (Å²) in [5.41, 5.74) is 1.25. The molecular formula is C23H29N5O3S. The molecule has 1 aromatic carbocycles. The molecule has 170 valence electrons. The van der Waals surface area contributed by atoms with Crippen LogP contribution < -0.4 is 10.1 Å². The fourth-order valence-corrected chi connectivity index (χ4v) is 4.75.